The van der Waals surface area contributed by atoms with E-state index in [-0.39, 0.29) is 23.2 Å². The Morgan fingerprint density at radius 3 is 2.33 bits per heavy atom. The van der Waals surface area contributed by atoms with Gasteiger partial charge in [0.1, 0.15) is 5.60 Å². The number of aliphatic hydroxyl groups excluding tert-OH is 1. The maximum atomic E-state index is 12.0. The number of carbonyl (C=O) groups is 1. The van der Waals surface area contributed by atoms with Gasteiger partial charge in [0.05, 0.1) is 11.6 Å². The fourth-order valence-corrected chi connectivity index (χ4v) is 3.04. The van der Waals surface area contributed by atoms with Crippen molar-refractivity contribution in [2.45, 2.75) is 83.6 Å². The molecule has 2 atom stereocenters. The number of amides is 1. The molecule has 0 aromatic heterocycles. The average Bonchev–Trinajstić information content (AvgIpc) is 2.28. The maximum absolute atomic E-state index is 12.0. The number of rotatable bonds is 4. The zero-order valence-corrected chi connectivity index (χ0v) is 14.0. The van der Waals surface area contributed by atoms with Crippen LogP contribution in [-0.4, -0.2) is 41.0 Å². The molecule has 0 heterocycles. The Hall–Kier alpha value is -0.810. The highest BCUT2D eigenvalue weighted by Crippen LogP contribution is 2.41. The van der Waals surface area contributed by atoms with E-state index >= 15 is 0 Å². The van der Waals surface area contributed by atoms with Gasteiger partial charge in [-0.25, -0.2) is 4.79 Å². The van der Waals surface area contributed by atoms with Gasteiger partial charge < -0.3 is 20.5 Å². The predicted molar refractivity (Wildman–Crippen MR) is 82.1 cm³/mol. The minimum Gasteiger partial charge on any atom is -0.444 e. The van der Waals surface area contributed by atoms with Crippen molar-refractivity contribution in [2.24, 2.45) is 5.41 Å². The first-order valence-electron chi connectivity index (χ1n) is 7.97. The second-order valence-electron chi connectivity index (χ2n) is 8.27. The topological polar surface area (TPSA) is 70.6 Å². The van der Waals surface area contributed by atoms with Gasteiger partial charge in [-0.05, 0) is 46.5 Å². The Kier molecular flexibility index (Phi) is 4.28. The van der Waals surface area contributed by atoms with Gasteiger partial charge in [-0.2, -0.15) is 0 Å². The largest absolute Gasteiger partial charge is 0.444 e. The summed E-state index contributed by atoms with van der Waals surface area (Å²) < 4.78 is 5.36. The van der Waals surface area contributed by atoms with E-state index in [1.54, 1.807) is 0 Å². The monoisotopic (exact) mass is 298 g/mol. The minimum absolute atomic E-state index is 0.0865. The van der Waals surface area contributed by atoms with Crippen molar-refractivity contribution in [1.29, 1.82) is 0 Å². The van der Waals surface area contributed by atoms with Crippen molar-refractivity contribution in [2.75, 3.05) is 6.54 Å². The van der Waals surface area contributed by atoms with E-state index in [1.807, 2.05) is 20.8 Å². The summed E-state index contributed by atoms with van der Waals surface area (Å²) in [6.45, 7) is 10.5. The van der Waals surface area contributed by atoms with Crippen molar-refractivity contribution in [3.05, 3.63) is 0 Å². The number of ether oxygens (including phenoxy) is 1. The summed E-state index contributed by atoms with van der Waals surface area (Å²) in [6.07, 6.45) is 3.32. The quantitative estimate of drug-likeness (QED) is 0.744. The van der Waals surface area contributed by atoms with E-state index in [2.05, 4.69) is 24.5 Å². The van der Waals surface area contributed by atoms with Crippen LogP contribution in [0.1, 0.15) is 60.3 Å². The summed E-state index contributed by atoms with van der Waals surface area (Å²) in [7, 11) is 0. The molecule has 0 radical (unpaired) electrons. The van der Waals surface area contributed by atoms with E-state index in [9.17, 15) is 9.90 Å². The second kappa shape index (κ2) is 5.43. The number of nitrogens with one attached hydrogen (secondary N) is 2. The SMILES string of the molecule is CC(C)(C)OC(=O)NC1(CNC2CC(O)C2(C)C)CCC1. The first kappa shape index (κ1) is 16.6. The van der Waals surface area contributed by atoms with Crippen LogP contribution in [-0.2, 0) is 4.74 Å². The van der Waals surface area contributed by atoms with Crippen molar-refractivity contribution >= 4 is 6.09 Å². The number of hydrogen-bond donors (Lipinski definition) is 3. The molecule has 2 unspecified atom stereocenters. The van der Waals surface area contributed by atoms with Gasteiger partial charge in [-0.1, -0.05) is 13.8 Å². The van der Waals surface area contributed by atoms with Gasteiger partial charge >= 0.3 is 6.09 Å². The van der Waals surface area contributed by atoms with Crippen LogP contribution in [0.4, 0.5) is 4.79 Å². The Bertz CT molecular complexity index is 397. The van der Waals surface area contributed by atoms with E-state index in [1.165, 1.54) is 0 Å². The van der Waals surface area contributed by atoms with Crippen LogP contribution in [0.15, 0.2) is 0 Å². The van der Waals surface area contributed by atoms with Crippen LogP contribution in [0.5, 0.6) is 0 Å². The summed E-state index contributed by atoms with van der Waals surface area (Å²) in [6, 6.07) is 0.311. The zero-order valence-electron chi connectivity index (χ0n) is 14.0. The zero-order chi connectivity index (χ0) is 15.9. The highest BCUT2D eigenvalue weighted by Gasteiger charge is 2.48. The normalized spacial score (nSPS) is 30.0. The first-order chi connectivity index (χ1) is 9.54. The van der Waals surface area contributed by atoms with E-state index in [0.29, 0.717) is 6.04 Å². The molecule has 0 aromatic carbocycles. The lowest BCUT2D eigenvalue weighted by Gasteiger charge is -2.52. The van der Waals surface area contributed by atoms with E-state index in [0.717, 1.165) is 32.2 Å². The minimum atomic E-state index is -0.470. The molecule has 0 spiro atoms. The predicted octanol–water partition coefficient (Wildman–Crippen LogP) is 2.18. The van der Waals surface area contributed by atoms with Crippen molar-refractivity contribution in [3.63, 3.8) is 0 Å². The molecule has 0 saturated heterocycles. The Labute approximate surface area is 127 Å². The second-order valence-corrected chi connectivity index (χ2v) is 8.27. The summed E-state index contributed by atoms with van der Waals surface area (Å²) in [5, 5.41) is 16.4. The van der Waals surface area contributed by atoms with Gasteiger partial charge in [-0.15, -0.1) is 0 Å². The van der Waals surface area contributed by atoms with E-state index in [4.69, 9.17) is 4.74 Å². The summed E-state index contributed by atoms with van der Waals surface area (Å²) in [5.41, 5.74) is -0.738. The van der Waals surface area contributed by atoms with Crippen molar-refractivity contribution in [1.82, 2.24) is 10.6 Å². The van der Waals surface area contributed by atoms with Crippen LogP contribution >= 0.6 is 0 Å². The van der Waals surface area contributed by atoms with Crippen molar-refractivity contribution < 1.29 is 14.6 Å². The standard InChI is InChI=1S/C16H30N2O3/c1-14(2,3)21-13(20)18-16(7-6-8-16)10-17-11-9-12(19)15(11,4)5/h11-12,17,19H,6-10H2,1-5H3,(H,18,20). The number of carbonyl (C=O) groups excluding carboxylic acids is 1. The lowest BCUT2D eigenvalue weighted by Crippen LogP contribution is -2.66. The highest BCUT2D eigenvalue weighted by atomic mass is 16.6. The summed E-state index contributed by atoms with van der Waals surface area (Å²) in [4.78, 5) is 12.0. The van der Waals surface area contributed by atoms with Gasteiger partial charge in [0, 0.05) is 18.0 Å². The molecule has 5 heteroatoms. The summed E-state index contributed by atoms with van der Waals surface area (Å²) in [5.74, 6) is 0. The highest BCUT2D eigenvalue weighted by molar-refractivity contribution is 5.69. The van der Waals surface area contributed by atoms with Crippen LogP contribution in [0.25, 0.3) is 0 Å². The molecule has 2 saturated carbocycles. The Balaban J connectivity index is 1.83. The van der Waals surface area contributed by atoms with Crippen LogP contribution in [0, 0.1) is 5.41 Å². The van der Waals surface area contributed by atoms with Crippen LogP contribution in [0.2, 0.25) is 0 Å². The lowest BCUT2D eigenvalue weighted by atomic mass is 9.64. The Morgan fingerprint density at radius 1 is 1.33 bits per heavy atom. The van der Waals surface area contributed by atoms with Gasteiger partial charge in [-0.3, -0.25) is 0 Å². The molecule has 21 heavy (non-hydrogen) atoms. The molecular formula is C16H30N2O3. The lowest BCUT2D eigenvalue weighted by molar-refractivity contribution is -0.0755. The molecular weight excluding hydrogens is 268 g/mol. The summed E-state index contributed by atoms with van der Waals surface area (Å²) >= 11 is 0. The molecule has 122 valence electrons. The molecule has 2 aliphatic carbocycles. The molecule has 2 aliphatic rings. The molecule has 2 rings (SSSR count). The molecule has 1 amide bonds. The third-order valence-corrected chi connectivity index (χ3v) is 4.98. The Morgan fingerprint density at radius 2 is 1.95 bits per heavy atom. The fourth-order valence-electron chi connectivity index (χ4n) is 3.04. The first-order valence-corrected chi connectivity index (χ1v) is 7.97. The molecule has 0 aromatic rings. The van der Waals surface area contributed by atoms with Crippen molar-refractivity contribution in [3.8, 4) is 0 Å². The molecule has 5 nitrogen and oxygen atoms in total. The smallest absolute Gasteiger partial charge is 0.408 e. The number of alkyl carbamates (subject to hydrolysis) is 1. The van der Waals surface area contributed by atoms with Gasteiger partial charge in [0.2, 0.25) is 0 Å². The third kappa shape index (κ3) is 3.69. The fraction of sp³-hybridized carbons (Fsp3) is 0.938. The van der Waals surface area contributed by atoms with Gasteiger partial charge in [0.25, 0.3) is 0 Å². The molecule has 2 fully saturated rings. The molecule has 0 aliphatic heterocycles. The third-order valence-electron chi connectivity index (χ3n) is 4.98. The number of hydrogen-bond acceptors (Lipinski definition) is 4. The molecule has 0 bridgehead atoms. The number of aliphatic hydroxyl groups is 1. The van der Waals surface area contributed by atoms with Crippen LogP contribution in [0.3, 0.4) is 0 Å². The average molecular weight is 298 g/mol. The maximum Gasteiger partial charge on any atom is 0.408 e. The molecule has 3 N–H and O–H groups in total. The van der Waals surface area contributed by atoms with E-state index < -0.39 is 5.60 Å². The van der Waals surface area contributed by atoms with Crippen LogP contribution < -0.4 is 10.6 Å². The van der Waals surface area contributed by atoms with Gasteiger partial charge in [0.15, 0.2) is 0 Å².